The van der Waals surface area contributed by atoms with Crippen LogP contribution < -0.4 is 0 Å². The van der Waals surface area contributed by atoms with Crippen molar-refractivity contribution >= 4 is 17.0 Å². The zero-order chi connectivity index (χ0) is 20.0. The number of hydrogen-bond donors (Lipinski definition) is 0. The fourth-order valence-corrected chi connectivity index (χ4v) is 2.87. The van der Waals surface area contributed by atoms with Crippen molar-refractivity contribution in [3.05, 3.63) is 58.7 Å². The number of alkyl halides is 3. The van der Waals surface area contributed by atoms with Gasteiger partial charge in [-0.3, -0.25) is 9.00 Å². The van der Waals surface area contributed by atoms with E-state index in [0.29, 0.717) is 17.3 Å². The lowest BCUT2D eigenvalue weighted by Crippen LogP contribution is -2.15. The molecule has 146 valence electrons. The van der Waals surface area contributed by atoms with Crippen molar-refractivity contribution in [3.63, 3.8) is 0 Å². The summed E-state index contributed by atoms with van der Waals surface area (Å²) in [5.41, 5.74) is 0.0376. The third-order valence-corrected chi connectivity index (χ3v) is 4.28. The smallest absolute Gasteiger partial charge is 0.419 e. The van der Waals surface area contributed by atoms with Crippen LogP contribution in [0, 0.1) is 0 Å². The largest absolute Gasteiger partial charge is 0.772 e. The van der Waals surface area contributed by atoms with Gasteiger partial charge in [-0.1, -0.05) is 24.3 Å². The first kappa shape index (κ1) is 21.0. The van der Waals surface area contributed by atoms with E-state index in [1.165, 1.54) is 7.11 Å². The van der Waals surface area contributed by atoms with Gasteiger partial charge in [-0.05, 0) is 35.0 Å². The fourth-order valence-electron chi connectivity index (χ4n) is 2.52. The van der Waals surface area contributed by atoms with Crippen LogP contribution in [0.4, 0.5) is 13.2 Å². The number of methoxy groups -OCH3 is 1. The van der Waals surface area contributed by atoms with Crippen LogP contribution >= 0.6 is 0 Å². The van der Waals surface area contributed by atoms with Crippen LogP contribution in [0.3, 0.4) is 0 Å². The molecule has 1 aromatic carbocycles. The van der Waals surface area contributed by atoms with Gasteiger partial charge in [0.05, 0.1) is 30.5 Å². The van der Waals surface area contributed by atoms with E-state index in [9.17, 15) is 26.7 Å². The van der Waals surface area contributed by atoms with Gasteiger partial charge in [0, 0.05) is 6.20 Å². The maximum atomic E-state index is 13.2. The molecule has 27 heavy (non-hydrogen) atoms. The molecule has 1 heterocycles. The van der Waals surface area contributed by atoms with Gasteiger partial charge in [-0.15, -0.1) is 0 Å². The predicted molar refractivity (Wildman–Crippen MR) is 89.2 cm³/mol. The summed E-state index contributed by atoms with van der Waals surface area (Å²) in [7, 11) is 1.25. The zero-order valence-electron chi connectivity index (χ0n) is 14.3. The second-order valence-electron chi connectivity index (χ2n) is 5.61. The van der Waals surface area contributed by atoms with Crippen molar-refractivity contribution in [2.24, 2.45) is 0 Å². The molecule has 0 aliphatic heterocycles. The van der Waals surface area contributed by atoms with Crippen molar-refractivity contribution < 1.29 is 31.5 Å². The predicted octanol–water partition coefficient (Wildman–Crippen LogP) is 2.38. The molecule has 0 aliphatic rings. The summed E-state index contributed by atoms with van der Waals surface area (Å²) >= 11 is -2.51. The minimum atomic E-state index is -4.66. The highest BCUT2D eigenvalue weighted by atomic mass is 32.2. The minimum absolute atomic E-state index is 0.00297. The molecule has 0 amide bonds. The van der Waals surface area contributed by atoms with Gasteiger partial charge >= 0.3 is 12.1 Å². The molecule has 2 rings (SSSR count). The van der Waals surface area contributed by atoms with Crippen molar-refractivity contribution in [2.75, 3.05) is 7.11 Å². The topological polar surface area (TPSA) is 92.2 Å². The molecule has 1 atom stereocenters. The number of aromatic nitrogens is 2. The number of halogens is 3. The van der Waals surface area contributed by atoms with E-state index < -0.39 is 34.5 Å². The maximum absolute atomic E-state index is 13.2. The second-order valence-corrected chi connectivity index (χ2v) is 6.51. The summed E-state index contributed by atoms with van der Waals surface area (Å²) in [6, 6.07) is 6.84. The Kier molecular flexibility index (Phi) is 7.03. The van der Waals surface area contributed by atoms with Gasteiger partial charge in [0.2, 0.25) is 0 Å². The third kappa shape index (κ3) is 6.10. The van der Waals surface area contributed by atoms with Gasteiger partial charge in [0.1, 0.15) is 5.82 Å². The number of benzene rings is 1. The Hall–Kier alpha value is -2.33. The lowest BCUT2D eigenvalue weighted by molar-refractivity contribution is -0.140. The summed E-state index contributed by atoms with van der Waals surface area (Å²) in [4.78, 5) is 18.8. The summed E-state index contributed by atoms with van der Waals surface area (Å²) in [6.07, 6.45) is -3.95. The minimum Gasteiger partial charge on any atom is -0.772 e. The first-order chi connectivity index (χ1) is 12.7. The summed E-state index contributed by atoms with van der Waals surface area (Å²) < 4.78 is 65.8. The number of rotatable bonds is 7. The molecular weight excluding hydrogens is 385 g/mol. The van der Waals surface area contributed by atoms with Gasteiger partial charge in [0.25, 0.3) is 0 Å². The summed E-state index contributed by atoms with van der Waals surface area (Å²) in [5, 5.41) is 0. The highest BCUT2D eigenvalue weighted by molar-refractivity contribution is 7.78. The molecule has 0 radical (unpaired) electrons. The molecule has 10 heteroatoms. The number of carbonyl (C=O) groups is 1. The molecule has 1 aromatic heterocycles. The van der Waals surface area contributed by atoms with E-state index >= 15 is 0 Å². The van der Waals surface area contributed by atoms with E-state index in [-0.39, 0.29) is 30.8 Å². The average molecular weight is 401 g/mol. The number of carbonyl (C=O) groups excluding carboxylic acids is 1. The van der Waals surface area contributed by atoms with Gasteiger partial charge < -0.3 is 9.29 Å². The van der Waals surface area contributed by atoms with Crippen LogP contribution in [0.2, 0.25) is 0 Å². The molecule has 0 spiro atoms. The molecule has 0 aliphatic carbocycles. The quantitative estimate of drug-likeness (QED) is 0.523. The van der Waals surface area contributed by atoms with Crippen LogP contribution in [-0.4, -0.2) is 31.8 Å². The molecule has 0 saturated carbocycles. The Morgan fingerprint density at radius 1 is 1.22 bits per heavy atom. The second kappa shape index (κ2) is 9.05. The van der Waals surface area contributed by atoms with E-state index in [2.05, 4.69) is 14.7 Å². The Morgan fingerprint density at radius 2 is 1.89 bits per heavy atom. The lowest BCUT2D eigenvalue weighted by atomic mass is 9.98. The molecule has 0 fully saturated rings. The SMILES string of the molecule is COC(=O)Cc1ccccc1CCc1nc(CS(=O)[O-])ncc1C(F)(F)F. The van der Waals surface area contributed by atoms with Gasteiger partial charge in [0.15, 0.2) is 0 Å². The van der Waals surface area contributed by atoms with Gasteiger partial charge in [-0.2, -0.15) is 13.2 Å². The molecule has 0 saturated heterocycles. The number of ether oxygens (including phenoxy) is 1. The number of nitrogens with zero attached hydrogens (tertiary/aromatic N) is 2. The van der Waals surface area contributed by atoms with Crippen LogP contribution in [0.25, 0.3) is 0 Å². The first-order valence-corrected chi connectivity index (χ1v) is 9.06. The monoisotopic (exact) mass is 401 g/mol. The van der Waals surface area contributed by atoms with Crippen LogP contribution in [-0.2, 0) is 51.8 Å². The lowest BCUT2D eigenvalue weighted by Gasteiger charge is -2.14. The van der Waals surface area contributed by atoms with Crippen LogP contribution in [0.5, 0.6) is 0 Å². The van der Waals surface area contributed by atoms with E-state index in [4.69, 9.17) is 0 Å². The number of hydrogen-bond acceptors (Lipinski definition) is 6. The van der Waals surface area contributed by atoms with Crippen LogP contribution in [0.15, 0.2) is 30.5 Å². The molecule has 1 unspecified atom stereocenters. The Balaban J connectivity index is 2.28. The number of aryl methyl sites for hydroxylation is 2. The Bertz CT molecular complexity index is 843. The van der Waals surface area contributed by atoms with Crippen LogP contribution in [0.1, 0.15) is 28.2 Å². The highest BCUT2D eigenvalue weighted by Gasteiger charge is 2.34. The normalized spacial score (nSPS) is 12.6. The zero-order valence-corrected chi connectivity index (χ0v) is 15.1. The fraction of sp³-hybridized carbons (Fsp3) is 0.353. The van der Waals surface area contributed by atoms with Crippen molar-refractivity contribution in [3.8, 4) is 0 Å². The molecule has 2 aromatic rings. The van der Waals surface area contributed by atoms with Crippen molar-refractivity contribution in [1.29, 1.82) is 0 Å². The molecule has 0 N–H and O–H groups in total. The van der Waals surface area contributed by atoms with Gasteiger partial charge in [-0.25, -0.2) is 9.97 Å². The standard InChI is InChI=1S/C17H17F3N2O4S/c1-26-16(23)8-12-5-3-2-4-11(12)6-7-14-13(17(18,19)20)9-21-15(22-14)10-27(24)25/h2-5,9H,6-8,10H2,1H3,(H,24,25)/p-1. The highest BCUT2D eigenvalue weighted by Crippen LogP contribution is 2.31. The third-order valence-electron chi connectivity index (χ3n) is 3.78. The summed E-state index contributed by atoms with van der Waals surface area (Å²) in [5.74, 6) is -1.22. The van der Waals surface area contributed by atoms with E-state index in [0.717, 1.165) is 0 Å². The van der Waals surface area contributed by atoms with E-state index in [1.807, 2.05) is 0 Å². The molecular formula is C17H16F3N2O4S-. The molecule has 6 nitrogen and oxygen atoms in total. The average Bonchev–Trinajstić information content (AvgIpc) is 2.59. The number of esters is 1. The van der Waals surface area contributed by atoms with E-state index in [1.54, 1.807) is 24.3 Å². The maximum Gasteiger partial charge on any atom is 0.419 e. The Labute approximate surface area is 156 Å². The molecule has 0 bridgehead atoms. The first-order valence-electron chi connectivity index (χ1n) is 7.82. The Morgan fingerprint density at radius 3 is 2.48 bits per heavy atom. The van der Waals surface area contributed by atoms with Crippen molar-refractivity contribution in [2.45, 2.75) is 31.2 Å². The summed E-state index contributed by atoms with van der Waals surface area (Å²) in [6.45, 7) is 0. The van der Waals surface area contributed by atoms with Crippen molar-refractivity contribution in [1.82, 2.24) is 9.97 Å².